The van der Waals surface area contributed by atoms with Gasteiger partial charge in [0, 0.05) is 56.1 Å². The number of unbranched alkanes of at least 4 members (excludes halogenated alkanes) is 4. The molecule has 0 spiro atoms. The van der Waals surface area contributed by atoms with Crippen molar-refractivity contribution >= 4 is 35.6 Å². The summed E-state index contributed by atoms with van der Waals surface area (Å²) in [7, 11) is 7.66. The highest BCUT2D eigenvalue weighted by Crippen LogP contribution is 2.30. The minimum absolute atomic E-state index is 0. The van der Waals surface area contributed by atoms with E-state index in [4.69, 9.17) is 14.5 Å². The molecule has 1 atom stereocenters. The van der Waals surface area contributed by atoms with Gasteiger partial charge in [0.1, 0.15) is 11.5 Å². The number of nitrogens with zero attached hydrogens (tertiary/aromatic N) is 3. The van der Waals surface area contributed by atoms with E-state index >= 15 is 0 Å². The SMILES string of the molecule is CCNC(=NCCCCCCCN(C)C)NC1CCN(c2cc(OC)cc(OC)c2)C1.I. The van der Waals surface area contributed by atoms with Crippen molar-refractivity contribution in [3.63, 3.8) is 0 Å². The Morgan fingerprint density at radius 1 is 1.06 bits per heavy atom. The number of guanidine groups is 1. The summed E-state index contributed by atoms with van der Waals surface area (Å²) in [5, 5.41) is 7.03. The van der Waals surface area contributed by atoms with E-state index in [0.29, 0.717) is 6.04 Å². The lowest BCUT2D eigenvalue weighted by atomic mass is 10.1. The fourth-order valence-corrected chi connectivity index (χ4v) is 3.86. The molecule has 0 bridgehead atoms. The van der Waals surface area contributed by atoms with Gasteiger partial charge in [0.05, 0.1) is 14.2 Å². The van der Waals surface area contributed by atoms with Gasteiger partial charge >= 0.3 is 0 Å². The molecule has 0 amide bonds. The smallest absolute Gasteiger partial charge is 0.191 e. The summed E-state index contributed by atoms with van der Waals surface area (Å²) in [6.45, 7) is 7.00. The number of aliphatic imine (C=N–C) groups is 1. The molecule has 0 saturated carbocycles. The van der Waals surface area contributed by atoms with Gasteiger partial charge in [-0.25, -0.2) is 0 Å². The molecule has 7 nitrogen and oxygen atoms in total. The van der Waals surface area contributed by atoms with Gasteiger partial charge in [-0.2, -0.15) is 0 Å². The van der Waals surface area contributed by atoms with E-state index in [1.807, 2.05) is 6.07 Å². The van der Waals surface area contributed by atoms with Crippen LogP contribution in [0, 0.1) is 0 Å². The zero-order chi connectivity index (χ0) is 22.5. The number of hydrogen-bond acceptors (Lipinski definition) is 5. The van der Waals surface area contributed by atoms with Gasteiger partial charge in [0.15, 0.2) is 5.96 Å². The fraction of sp³-hybridized carbons (Fsp3) is 0.708. The molecule has 1 heterocycles. The van der Waals surface area contributed by atoms with E-state index in [2.05, 4.69) is 53.6 Å². The lowest BCUT2D eigenvalue weighted by molar-refractivity contribution is 0.390. The lowest BCUT2D eigenvalue weighted by Crippen LogP contribution is -2.44. The van der Waals surface area contributed by atoms with E-state index < -0.39 is 0 Å². The van der Waals surface area contributed by atoms with Gasteiger partial charge in [-0.15, -0.1) is 24.0 Å². The van der Waals surface area contributed by atoms with Crippen molar-refractivity contribution in [3.8, 4) is 11.5 Å². The van der Waals surface area contributed by atoms with Crippen LogP contribution in [-0.4, -0.2) is 77.9 Å². The second-order valence-corrected chi connectivity index (χ2v) is 8.48. The van der Waals surface area contributed by atoms with E-state index in [1.165, 1.54) is 32.2 Å². The van der Waals surface area contributed by atoms with Gasteiger partial charge in [0.2, 0.25) is 0 Å². The Morgan fingerprint density at radius 3 is 2.34 bits per heavy atom. The summed E-state index contributed by atoms with van der Waals surface area (Å²) in [5.41, 5.74) is 1.14. The Morgan fingerprint density at radius 2 is 1.72 bits per heavy atom. The van der Waals surface area contributed by atoms with Crippen LogP contribution in [0.25, 0.3) is 0 Å². The quantitative estimate of drug-likeness (QED) is 0.165. The van der Waals surface area contributed by atoms with Gasteiger partial charge in [-0.05, 0) is 46.8 Å². The molecule has 1 saturated heterocycles. The van der Waals surface area contributed by atoms with Crippen molar-refractivity contribution in [1.82, 2.24) is 15.5 Å². The maximum atomic E-state index is 5.42. The Balaban J connectivity index is 0.00000512. The predicted octanol–water partition coefficient (Wildman–Crippen LogP) is 3.97. The Bertz CT molecular complexity index is 650. The molecule has 8 heteroatoms. The molecule has 0 aromatic heterocycles. The summed E-state index contributed by atoms with van der Waals surface area (Å²) in [5.74, 6) is 2.58. The zero-order valence-corrected chi connectivity index (χ0v) is 23.0. The molecule has 2 N–H and O–H groups in total. The van der Waals surface area contributed by atoms with Crippen molar-refractivity contribution in [3.05, 3.63) is 18.2 Å². The first-order chi connectivity index (χ1) is 15.0. The summed E-state index contributed by atoms with van der Waals surface area (Å²) in [6.07, 6.45) is 7.39. The molecule has 1 aromatic rings. The van der Waals surface area contributed by atoms with Gasteiger partial charge in [-0.3, -0.25) is 4.99 Å². The molecule has 0 radical (unpaired) electrons. The molecule has 0 aliphatic carbocycles. The maximum Gasteiger partial charge on any atom is 0.191 e. The molecular weight excluding hydrogens is 517 g/mol. The number of hydrogen-bond donors (Lipinski definition) is 2. The van der Waals surface area contributed by atoms with E-state index in [9.17, 15) is 0 Å². The van der Waals surface area contributed by atoms with Crippen LogP contribution in [-0.2, 0) is 0 Å². The molecular formula is C24H44IN5O2. The van der Waals surface area contributed by atoms with Crippen LogP contribution < -0.4 is 25.0 Å². The summed E-state index contributed by atoms with van der Waals surface area (Å²) < 4.78 is 10.8. The second-order valence-electron chi connectivity index (χ2n) is 8.48. The summed E-state index contributed by atoms with van der Waals surface area (Å²) in [6, 6.07) is 6.43. The number of methoxy groups -OCH3 is 2. The normalized spacial score (nSPS) is 16.1. The highest BCUT2D eigenvalue weighted by molar-refractivity contribution is 14.0. The Hall–Kier alpha value is -1.42. The van der Waals surface area contributed by atoms with Crippen LogP contribution in [0.4, 0.5) is 5.69 Å². The molecule has 1 aromatic carbocycles. The van der Waals surface area contributed by atoms with E-state index in [1.54, 1.807) is 14.2 Å². The van der Waals surface area contributed by atoms with Crippen LogP contribution in [0.2, 0.25) is 0 Å². The molecule has 1 fully saturated rings. The number of ether oxygens (including phenoxy) is 2. The van der Waals surface area contributed by atoms with E-state index in [0.717, 1.165) is 62.2 Å². The summed E-state index contributed by atoms with van der Waals surface area (Å²) >= 11 is 0. The average molecular weight is 562 g/mol. The summed E-state index contributed by atoms with van der Waals surface area (Å²) in [4.78, 5) is 9.44. The predicted molar refractivity (Wildman–Crippen MR) is 146 cm³/mol. The van der Waals surface area contributed by atoms with Gasteiger partial charge in [-0.1, -0.05) is 19.3 Å². The highest BCUT2D eigenvalue weighted by Gasteiger charge is 2.24. The van der Waals surface area contributed by atoms with Crippen molar-refractivity contribution in [2.45, 2.75) is 51.5 Å². The first-order valence-electron chi connectivity index (χ1n) is 11.7. The highest BCUT2D eigenvalue weighted by atomic mass is 127. The number of nitrogens with one attached hydrogen (secondary N) is 2. The number of halogens is 1. The third kappa shape index (κ3) is 10.5. The molecule has 1 aliphatic heterocycles. The molecule has 1 unspecified atom stereocenters. The van der Waals surface area contributed by atoms with Crippen molar-refractivity contribution in [1.29, 1.82) is 0 Å². The van der Waals surface area contributed by atoms with Gasteiger partial charge < -0.3 is 29.9 Å². The largest absolute Gasteiger partial charge is 0.497 e. The second kappa shape index (κ2) is 16.2. The first kappa shape index (κ1) is 28.6. The van der Waals surface area contributed by atoms with Gasteiger partial charge in [0.25, 0.3) is 0 Å². The third-order valence-corrected chi connectivity index (χ3v) is 5.61. The van der Waals surface area contributed by atoms with Crippen LogP contribution in [0.15, 0.2) is 23.2 Å². The number of rotatable bonds is 13. The maximum absolute atomic E-state index is 5.42. The average Bonchev–Trinajstić information content (AvgIpc) is 3.23. The van der Waals surface area contributed by atoms with Crippen LogP contribution in [0.1, 0.15) is 45.4 Å². The topological polar surface area (TPSA) is 61.4 Å². The van der Waals surface area contributed by atoms with Crippen LogP contribution in [0.3, 0.4) is 0 Å². The minimum Gasteiger partial charge on any atom is -0.497 e. The minimum atomic E-state index is 0. The molecule has 2 rings (SSSR count). The first-order valence-corrected chi connectivity index (χ1v) is 11.7. The standard InChI is InChI=1S/C24H43N5O2.HI/c1-6-25-24(26-13-10-8-7-9-11-14-28(2)3)27-20-12-15-29(19-20)21-16-22(30-4)18-23(17-21)31-5;/h16-18,20H,6-15,19H2,1-5H3,(H2,25,26,27);1H. The third-order valence-electron chi connectivity index (χ3n) is 5.61. The zero-order valence-electron chi connectivity index (χ0n) is 20.7. The monoisotopic (exact) mass is 561 g/mol. The lowest BCUT2D eigenvalue weighted by Gasteiger charge is -2.21. The Labute approximate surface area is 212 Å². The number of anilines is 1. The van der Waals surface area contributed by atoms with Crippen molar-refractivity contribution in [2.24, 2.45) is 4.99 Å². The van der Waals surface area contributed by atoms with Crippen molar-refractivity contribution in [2.75, 3.05) is 65.9 Å². The van der Waals surface area contributed by atoms with Crippen LogP contribution in [0.5, 0.6) is 11.5 Å². The molecule has 1 aliphatic rings. The number of benzene rings is 1. The Kier molecular flexibility index (Phi) is 14.5. The van der Waals surface area contributed by atoms with Crippen molar-refractivity contribution < 1.29 is 9.47 Å². The van der Waals surface area contributed by atoms with Crippen LogP contribution >= 0.6 is 24.0 Å². The molecule has 32 heavy (non-hydrogen) atoms. The van der Waals surface area contributed by atoms with E-state index in [-0.39, 0.29) is 24.0 Å². The fourth-order valence-electron chi connectivity index (χ4n) is 3.86. The molecule has 184 valence electrons.